The van der Waals surface area contributed by atoms with Crippen molar-refractivity contribution in [3.05, 3.63) is 29.7 Å². The van der Waals surface area contributed by atoms with Gasteiger partial charge < -0.3 is 0 Å². The predicted molar refractivity (Wildman–Crippen MR) is 41.4 cm³/mol. The van der Waals surface area contributed by atoms with E-state index in [1.165, 1.54) is 10.8 Å². The highest BCUT2D eigenvalue weighted by Gasteiger charge is 2.01. The molecule has 0 aromatic carbocycles. The minimum atomic E-state index is -0.0290. The standard InChI is InChI=1S/C7H7NSi/c1-3-8-5-6-2-4-9-7(1)6/h1-5H,9H2. The second-order valence-corrected chi connectivity index (χ2v) is 3.82. The summed E-state index contributed by atoms with van der Waals surface area (Å²) in [7, 11) is -0.0290. The van der Waals surface area contributed by atoms with Crippen molar-refractivity contribution in [3.63, 3.8) is 0 Å². The molecule has 9 heavy (non-hydrogen) atoms. The summed E-state index contributed by atoms with van der Waals surface area (Å²) in [5.41, 5.74) is 3.64. The van der Waals surface area contributed by atoms with Crippen LogP contribution in [-0.2, 0) is 0 Å². The molecule has 1 aliphatic rings. The summed E-state index contributed by atoms with van der Waals surface area (Å²) in [5.74, 6) is 0. The maximum absolute atomic E-state index is 4.03. The molecular formula is C7H7NSi. The van der Waals surface area contributed by atoms with Crippen LogP contribution >= 0.6 is 0 Å². The lowest BCUT2D eigenvalue weighted by atomic mass is 10.3. The summed E-state index contributed by atoms with van der Waals surface area (Å²) in [5, 5.41) is 1.53. The van der Waals surface area contributed by atoms with E-state index in [0.717, 1.165) is 0 Å². The van der Waals surface area contributed by atoms with Crippen LogP contribution in [0.5, 0.6) is 0 Å². The van der Waals surface area contributed by atoms with Crippen LogP contribution in [0, 0.1) is 0 Å². The van der Waals surface area contributed by atoms with Crippen LogP contribution in [0.2, 0.25) is 0 Å². The van der Waals surface area contributed by atoms with Crippen LogP contribution in [0.25, 0.3) is 6.08 Å². The molecule has 0 unspecified atom stereocenters. The van der Waals surface area contributed by atoms with Crippen molar-refractivity contribution < 1.29 is 0 Å². The Morgan fingerprint density at radius 1 is 1.44 bits per heavy atom. The van der Waals surface area contributed by atoms with E-state index in [1.807, 2.05) is 12.4 Å². The minimum absolute atomic E-state index is 0.0290. The summed E-state index contributed by atoms with van der Waals surface area (Å²) in [4.78, 5) is 4.03. The molecule has 0 aliphatic carbocycles. The number of pyridine rings is 1. The van der Waals surface area contributed by atoms with Gasteiger partial charge in [-0.05, 0) is 11.6 Å². The minimum Gasteiger partial charge on any atom is -0.264 e. The monoisotopic (exact) mass is 133 g/mol. The summed E-state index contributed by atoms with van der Waals surface area (Å²) in [6.07, 6.45) is 5.99. The molecule has 0 saturated carbocycles. The Hall–Kier alpha value is -0.893. The SMILES string of the molecule is C1=Cc2cnccc2[SiH2]1. The van der Waals surface area contributed by atoms with Gasteiger partial charge in [0, 0.05) is 12.4 Å². The molecule has 2 heterocycles. The van der Waals surface area contributed by atoms with Crippen molar-refractivity contribution in [1.29, 1.82) is 0 Å². The molecule has 0 radical (unpaired) electrons. The fourth-order valence-electron chi connectivity index (χ4n) is 1.08. The molecule has 2 rings (SSSR count). The van der Waals surface area contributed by atoms with E-state index in [4.69, 9.17) is 0 Å². The van der Waals surface area contributed by atoms with E-state index < -0.39 is 0 Å². The number of nitrogens with zero attached hydrogens (tertiary/aromatic N) is 1. The number of aromatic nitrogens is 1. The average Bonchev–Trinajstić information content (AvgIpc) is 2.33. The number of rotatable bonds is 0. The Morgan fingerprint density at radius 3 is 3.33 bits per heavy atom. The Balaban J connectivity index is 2.63. The first-order valence-corrected chi connectivity index (χ1v) is 4.58. The second kappa shape index (κ2) is 1.81. The largest absolute Gasteiger partial charge is 0.264 e. The molecule has 44 valence electrons. The van der Waals surface area contributed by atoms with Crippen LogP contribution in [0.3, 0.4) is 0 Å². The smallest absolute Gasteiger partial charge is 0.0793 e. The van der Waals surface area contributed by atoms with Crippen molar-refractivity contribution in [2.24, 2.45) is 0 Å². The van der Waals surface area contributed by atoms with Gasteiger partial charge in [-0.1, -0.05) is 17.0 Å². The van der Waals surface area contributed by atoms with Gasteiger partial charge in [0.15, 0.2) is 0 Å². The Morgan fingerprint density at radius 2 is 2.44 bits per heavy atom. The van der Waals surface area contributed by atoms with Gasteiger partial charge in [0.2, 0.25) is 0 Å². The van der Waals surface area contributed by atoms with Crippen LogP contribution in [-0.4, -0.2) is 14.5 Å². The third-order valence-electron chi connectivity index (χ3n) is 1.58. The highest BCUT2D eigenvalue weighted by atomic mass is 28.2. The number of hydrogen-bond donors (Lipinski definition) is 0. The third-order valence-corrected chi connectivity index (χ3v) is 3.14. The molecule has 0 atom stereocenters. The first-order chi connectivity index (χ1) is 4.47. The molecule has 0 N–H and O–H groups in total. The summed E-state index contributed by atoms with van der Waals surface area (Å²) < 4.78 is 0. The lowest BCUT2D eigenvalue weighted by molar-refractivity contribution is 1.33. The van der Waals surface area contributed by atoms with E-state index in [2.05, 4.69) is 22.8 Å². The number of hydrogen-bond acceptors (Lipinski definition) is 1. The maximum atomic E-state index is 4.03. The van der Waals surface area contributed by atoms with Crippen molar-refractivity contribution in [2.45, 2.75) is 0 Å². The van der Waals surface area contributed by atoms with Gasteiger partial charge in [-0.25, -0.2) is 0 Å². The van der Waals surface area contributed by atoms with Crippen molar-refractivity contribution in [2.75, 3.05) is 0 Å². The van der Waals surface area contributed by atoms with Gasteiger partial charge in [0.1, 0.15) is 0 Å². The van der Waals surface area contributed by atoms with E-state index in [9.17, 15) is 0 Å². The van der Waals surface area contributed by atoms with E-state index in [-0.39, 0.29) is 9.52 Å². The van der Waals surface area contributed by atoms with Crippen LogP contribution in [0.4, 0.5) is 0 Å². The molecule has 2 heteroatoms. The van der Waals surface area contributed by atoms with Crippen molar-refractivity contribution in [3.8, 4) is 0 Å². The summed E-state index contributed by atoms with van der Waals surface area (Å²) in [6, 6.07) is 2.13. The zero-order valence-corrected chi connectivity index (χ0v) is 6.46. The third kappa shape index (κ3) is 0.714. The summed E-state index contributed by atoms with van der Waals surface area (Å²) in [6.45, 7) is 0. The lowest BCUT2D eigenvalue weighted by Crippen LogP contribution is -2.10. The first kappa shape index (κ1) is 4.94. The maximum Gasteiger partial charge on any atom is 0.0793 e. The van der Waals surface area contributed by atoms with Gasteiger partial charge in [0.25, 0.3) is 0 Å². The predicted octanol–water partition coefficient (Wildman–Crippen LogP) is -0.140. The quantitative estimate of drug-likeness (QED) is 0.449. The van der Waals surface area contributed by atoms with E-state index >= 15 is 0 Å². The normalized spacial score (nSPS) is 16.4. The topological polar surface area (TPSA) is 12.9 Å². The Bertz CT molecular complexity index is 255. The molecule has 0 bridgehead atoms. The molecule has 0 fully saturated rings. The highest BCUT2D eigenvalue weighted by molar-refractivity contribution is 6.62. The molecule has 0 spiro atoms. The van der Waals surface area contributed by atoms with Gasteiger partial charge in [-0.3, -0.25) is 4.98 Å². The molecule has 1 aromatic heterocycles. The zero-order chi connectivity index (χ0) is 6.10. The Labute approximate surface area is 56.3 Å². The average molecular weight is 133 g/mol. The lowest BCUT2D eigenvalue weighted by Gasteiger charge is -1.92. The first-order valence-electron chi connectivity index (χ1n) is 3.06. The summed E-state index contributed by atoms with van der Waals surface area (Å²) >= 11 is 0. The van der Waals surface area contributed by atoms with Crippen LogP contribution in [0.1, 0.15) is 5.56 Å². The highest BCUT2D eigenvalue weighted by Crippen LogP contribution is 2.00. The molecule has 1 aliphatic heterocycles. The number of fused-ring (bicyclic) bond motifs is 1. The second-order valence-electron chi connectivity index (χ2n) is 2.18. The molecule has 0 saturated heterocycles. The van der Waals surface area contributed by atoms with Crippen LogP contribution < -0.4 is 5.19 Å². The van der Waals surface area contributed by atoms with Gasteiger partial charge in [-0.15, -0.1) is 0 Å². The van der Waals surface area contributed by atoms with Gasteiger partial charge in [-0.2, -0.15) is 0 Å². The van der Waals surface area contributed by atoms with Crippen molar-refractivity contribution >= 4 is 20.8 Å². The zero-order valence-electron chi connectivity index (χ0n) is 5.04. The van der Waals surface area contributed by atoms with Crippen molar-refractivity contribution in [1.82, 2.24) is 4.98 Å². The molecule has 1 aromatic rings. The van der Waals surface area contributed by atoms with Crippen LogP contribution in [0.15, 0.2) is 24.2 Å². The Kier molecular flexibility index (Phi) is 0.992. The fraction of sp³-hybridized carbons (Fsp3) is 0. The van der Waals surface area contributed by atoms with Gasteiger partial charge >= 0.3 is 0 Å². The van der Waals surface area contributed by atoms with E-state index in [0.29, 0.717) is 0 Å². The molecular weight excluding hydrogens is 126 g/mol. The van der Waals surface area contributed by atoms with Gasteiger partial charge in [0.05, 0.1) is 9.52 Å². The van der Waals surface area contributed by atoms with E-state index in [1.54, 1.807) is 0 Å². The molecule has 1 nitrogen and oxygen atoms in total. The molecule has 0 amide bonds. The fourth-order valence-corrected chi connectivity index (χ4v) is 2.40.